The molecule has 1 aliphatic rings. The fourth-order valence-corrected chi connectivity index (χ4v) is 4.79. The van der Waals surface area contributed by atoms with Gasteiger partial charge in [-0.15, -0.1) is 0 Å². The van der Waals surface area contributed by atoms with Crippen LogP contribution in [-0.4, -0.2) is 42.7 Å². The second-order valence-electron chi connectivity index (χ2n) is 6.88. The smallest absolute Gasteiger partial charge is 0.273 e. The Morgan fingerprint density at radius 3 is 2.24 bits per heavy atom. The number of piperidine rings is 1. The molecule has 2 amide bonds. The van der Waals surface area contributed by atoms with Crippen LogP contribution < -0.4 is 10.9 Å². The van der Waals surface area contributed by atoms with Crippen LogP contribution in [0.5, 0.6) is 5.75 Å². The van der Waals surface area contributed by atoms with Crippen molar-refractivity contribution in [3.8, 4) is 5.75 Å². The number of hydrazine groups is 1. The van der Waals surface area contributed by atoms with Gasteiger partial charge in [0.2, 0.25) is 15.9 Å². The first-order valence-corrected chi connectivity index (χ1v) is 10.9. The van der Waals surface area contributed by atoms with Gasteiger partial charge in [0, 0.05) is 19.0 Å². The van der Waals surface area contributed by atoms with E-state index in [1.54, 1.807) is 36.4 Å². The number of hydrogen-bond acceptors (Lipinski definition) is 5. The highest BCUT2D eigenvalue weighted by Gasteiger charge is 2.31. The summed E-state index contributed by atoms with van der Waals surface area (Å²) in [4.78, 5) is 24.3. The molecule has 0 unspecified atom stereocenters. The Kier molecular flexibility index (Phi) is 6.50. The van der Waals surface area contributed by atoms with E-state index in [4.69, 9.17) is 0 Å². The lowest BCUT2D eigenvalue weighted by atomic mass is 9.98. The van der Waals surface area contributed by atoms with E-state index in [2.05, 4.69) is 10.9 Å². The molecule has 2 aromatic carbocycles. The summed E-state index contributed by atoms with van der Waals surface area (Å²) in [7, 11) is -3.45. The van der Waals surface area contributed by atoms with Crippen LogP contribution in [0.4, 0.5) is 0 Å². The highest BCUT2D eigenvalue weighted by atomic mass is 32.2. The minimum absolute atomic E-state index is 0.0506. The van der Waals surface area contributed by atoms with Gasteiger partial charge in [0.15, 0.2) is 0 Å². The number of nitrogens with zero attached hydrogens (tertiary/aromatic N) is 1. The number of carbonyl (C=O) groups excluding carboxylic acids is 2. The standard InChI is InChI=1S/C20H23N3O5S/c24-18-9-5-4-8-17(18)20(26)22-21-19(25)16-10-12-23(13-11-16)29(27,28)14-15-6-2-1-3-7-15/h1-9,16,24H,10-14H2,(H,21,25)(H,22,26). The molecule has 0 bridgehead atoms. The van der Waals surface area contributed by atoms with Crippen LogP contribution in [0.1, 0.15) is 28.8 Å². The molecule has 0 atom stereocenters. The molecule has 3 rings (SSSR count). The Balaban J connectivity index is 1.49. The second-order valence-corrected chi connectivity index (χ2v) is 8.84. The SMILES string of the molecule is O=C(NNC(=O)C1CCN(S(=O)(=O)Cc2ccccc2)CC1)c1ccccc1O. The van der Waals surface area contributed by atoms with Gasteiger partial charge in [-0.25, -0.2) is 12.7 Å². The Morgan fingerprint density at radius 1 is 0.966 bits per heavy atom. The Hall–Kier alpha value is -2.91. The van der Waals surface area contributed by atoms with Crippen molar-refractivity contribution in [1.82, 2.24) is 15.2 Å². The van der Waals surface area contributed by atoms with Gasteiger partial charge in [-0.05, 0) is 30.5 Å². The lowest BCUT2D eigenvalue weighted by molar-refractivity contribution is -0.126. The van der Waals surface area contributed by atoms with Gasteiger partial charge in [-0.3, -0.25) is 20.4 Å². The molecule has 1 fully saturated rings. The summed E-state index contributed by atoms with van der Waals surface area (Å²) in [6.45, 7) is 0.501. The fourth-order valence-electron chi connectivity index (χ4n) is 3.23. The monoisotopic (exact) mass is 417 g/mol. The van der Waals surface area contributed by atoms with Crippen molar-refractivity contribution < 1.29 is 23.1 Å². The molecule has 2 aromatic rings. The summed E-state index contributed by atoms with van der Waals surface area (Å²) < 4.78 is 26.6. The van der Waals surface area contributed by atoms with Crippen molar-refractivity contribution in [2.75, 3.05) is 13.1 Å². The van der Waals surface area contributed by atoms with Gasteiger partial charge in [0.05, 0.1) is 11.3 Å². The van der Waals surface area contributed by atoms with Gasteiger partial charge in [-0.2, -0.15) is 0 Å². The van der Waals surface area contributed by atoms with E-state index in [-0.39, 0.29) is 36.1 Å². The third kappa shape index (κ3) is 5.33. The Morgan fingerprint density at radius 2 is 1.59 bits per heavy atom. The largest absolute Gasteiger partial charge is 0.507 e. The van der Waals surface area contributed by atoms with E-state index in [1.165, 1.54) is 16.4 Å². The van der Waals surface area contributed by atoms with Gasteiger partial charge >= 0.3 is 0 Å². The molecule has 0 saturated carbocycles. The van der Waals surface area contributed by atoms with Crippen molar-refractivity contribution in [2.45, 2.75) is 18.6 Å². The number of phenolic OH excluding ortho intramolecular Hbond substituents is 1. The number of carbonyl (C=O) groups is 2. The maximum absolute atomic E-state index is 12.6. The molecule has 29 heavy (non-hydrogen) atoms. The first-order valence-electron chi connectivity index (χ1n) is 9.27. The minimum atomic E-state index is -3.45. The molecule has 0 radical (unpaired) electrons. The van der Waals surface area contributed by atoms with Crippen molar-refractivity contribution in [2.24, 2.45) is 5.92 Å². The van der Waals surface area contributed by atoms with E-state index in [9.17, 15) is 23.1 Å². The minimum Gasteiger partial charge on any atom is -0.507 e. The molecule has 1 saturated heterocycles. The number of aromatic hydroxyl groups is 1. The van der Waals surface area contributed by atoms with Crippen molar-refractivity contribution in [3.63, 3.8) is 0 Å². The molecular weight excluding hydrogens is 394 g/mol. The molecule has 3 N–H and O–H groups in total. The van der Waals surface area contributed by atoms with E-state index in [0.717, 1.165) is 5.56 Å². The zero-order chi connectivity index (χ0) is 20.9. The van der Waals surface area contributed by atoms with Crippen LogP contribution in [0.3, 0.4) is 0 Å². The number of amides is 2. The van der Waals surface area contributed by atoms with Gasteiger partial charge in [-0.1, -0.05) is 42.5 Å². The quantitative estimate of drug-likeness (QED) is 0.636. The number of hydrogen-bond donors (Lipinski definition) is 3. The number of phenols is 1. The van der Waals surface area contributed by atoms with Crippen LogP contribution in [0.25, 0.3) is 0 Å². The lowest BCUT2D eigenvalue weighted by Crippen LogP contribution is -2.48. The summed E-state index contributed by atoms with van der Waals surface area (Å²) in [5.41, 5.74) is 5.41. The van der Waals surface area contributed by atoms with Crippen LogP contribution in [0.2, 0.25) is 0 Å². The maximum atomic E-state index is 12.6. The predicted octanol–water partition coefficient (Wildman–Crippen LogP) is 1.40. The number of rotatable bonds is 5. The zero-order valence-electron chi connectivity index (χ0n) is 15.7. The zero-order valence-corrected chi connectivity index (χ0v) is 16.6. The molecule has 1 heterocycles. The lowest BCUT2D eigenvalue weighted by Gasteiger charge is -2.30. The van der Waals surface area contributed by atoms with Crippen molar-refractivity contribution in [1.29, 1.82) is 0 Å². The average Bonchev–Trinajstić information content (AvgIpc) is 2.72. The molecule has 9 heteroatoms. The Labute approximate surface area is 169 Å². The molecule has 1 aliphatic heterocycles. The van der Waals surface area contributed by atoms with Gasteiger partial charge in [0.1, 0.15) is 5.75 Å². The number of sulfonamides is 1. The maximum Gasteiger partial charge on any atom is 0.273 e. The summed E-state index contributed by atoms with van der Waals surface area (Å²) in [6, 6.07) is 15.0. The van der Waals surface area contributed by atoms with Crippen LogP contribution in [0.15, 0.2) is 54.6 Å². The molecule has 0 aromatic heterocycles. The number of nitrogens with one attached hydrogen (secondary N) is 2. The van der Waals surface area contributed by atoms with E-state index in [1.807, 2.05) is 6.07 Å². The van der Waals surface area contributed by atoms with Gasteiger partial charge < -0.3 is 5.11 Å². The topological polar surface area (TPSA) is 116 Å². The predicted molar refractivity (Wildman–Crippen MR) is 107 cm³/mol. The number of benzene rings is 2. The third-order valence-electron chi connectivity index (χ3n) is 4.86. The van der Waals surface area contributed by atoms with E-state index in [0.29, 0.717) is 12.8 Å². The molecular formula is C20H23N3O5S. The molecule has 8 nitrogen and oxygen atoms in total. The van der Waals surface area contributed by atoms with E-state index >= 15 is 0 Å². The number of para-hydroxylation sites is 1. The van der Waals surface area contributed by atoms with E-state index < -0.39 is 21.8 Å². The molecule has 154 valence electrons. The van der Waals surface area contributed by atoms with Crippen LogP contribution >= 0.6 is 0 Å². The fraction of sp³-hybridized carbons (Fsp3) is 0.300. The van der Waals surface area contributed by atoms with Crippen molar-refractivity contribution in [3.05, 3.63) is 65.7 Å². The summed E-state index contributed by atoms with van der Waals surface area (Å²) in [5.74, 6) is -1.66. The molecule has 0 spiro atoms. The first kappa shape index (κ1) is 20.8. The molecule has 0 aliphatic carbocycles. The Bertz CT molecular complexity index is 971. The summed E-state index contributed by atoms with van der Waals surface area (Å²) >= 11 is 0. The van der Waals surface area contributed by atoms with Crippen molar-refractivity contribution >= 4 is 21.8 Å². The average molecular weight is 417 g/mol. The summed E-state index contributed by atoms with van der Waals surface area (Å²) in [6.07, 6.45) is 0.735. The highest BCUT2D eigenvalue weighted by Crippen LogP contribution is 2.22. The van der Waals surface area contributed by atoms with Gasteiger partial charge in [0.25, 0.3) is 5.91 Å². The summed E-state index contributed by atoms with van der Waals surface area (Å²) in [5, 5.41) is 9.67. The van der Waals surface area contributed by atoms with Crippen LogP contribution in [-0.2, 0) is 20.6 Å². The highest BCUT2D eigenvalue weighted by molar-refractivity contribution is 7.88. The third-order valence-corrected chi connectivity index (χ3v) is 6.71. The normalized spacial score (nSPS) is 15.6. The first-order chi connectivity index (χ1) is 13.9. The second kappa shape index (κ2) is 9.06. The van der Waals surface area contributed by atoms with Crippen LogP contribution in [0, 0.1) is 5.92 Å².